The average Bonchev–Trinajstić information content (AvgIpc) is 3.16. The lowest BCUT2D eigenvalue weighted by Crippen LogP contribution is -2.20. The van der Waals surface area contributed by atoms with E-state index in [1.807, 2.05) is 0 Å². The van der Waals surface area contributed by atoms with Crippen molar-refractivity contribution >= 4 is 38.4 Å². The summed E-state index contributed by atoms with van der Waals surface area (Å²) in [5, 5.41) is 12.1. The van der Waals surface area contributed by atoms with Crippen molar-refractivity contribution in [2.45, 2.75) is 9.79 Å². The predicted octanol–water partition coefficient (Wildman–Crippen LogP) is 3.58. The zero-order chi connectivity index (χ0) is 22.0. The molecule has 11 heteroatoms. The summed E-state index contributed by atoms with van der Waals surface area (Å²) in [6.45, 7) is 0. The lowest BCUT2D eigenvalue weighted by atomic mass is 10.3. The Morgan fingerprint density at radius 3 is 2.65 bits per heavy atom. The van der Waals surface area contributed by atoms with Crippen LogP contribution in [0.5, 0.6) is 5.75 Å². The van der Waals surface area contributed by atoms with Gasteiger partial charge in [0.25, 0.3) is 0 Å². The van der Waals surface area contributed by atoms with Gasteiger partial charge in [0.15, 0.2) is 5.65 Å². The number of nitrogens with one attached hydrogen (secondary N) is 3. The van der Waals surface area contributed by atoms with Crippen LogP contribution in [0.25, 0.3) is 11.0 Å². The minimum Gasteiger partial charge on any atom is -0.495 e. The van der Waals surface area contributed by atoms with Crippen molar-refractivity contribution in [3.05, 3.63) is 66.6 Å². The lowest BCUT2D eigenvalue weighted by molar-refractivity contribution is 0.262. The number of nitrogens with zero attached hydrogens (tertiary/aromatic N) is 2. The Morgan fingerprint density at radius 2 is 1.87 bits per heavy atom. The molecule has 2 aromatic heterocycles. The first-order valence-corrected chi connectivity index (χ1v) is 10.4. The van der Waals surface area contributed by atoms with Gasteiger partial charge in [0.2, 0.25) is 9.84 Å². The molecule has 0 fully saturated rings. The van der Waals surface area contributed by atoms with Gasteiger partial charge in [-0.05, 0) is 36.4 Å². The number of fused-ring (bicyclic) bond motifs is 1. The molecule has 0 bridgehead atoms. The standard InChI is InChI=1S/C20H16FN5O4S/c1-30-17-8-3-2-7-16(17)23-20(27)24-19-15-10-14(11-22-18(15)25-26-19)31(28,29)13-6-4-5-12(21)9-13/h2-11H,1H3,(H3,22,23,24,25,26,27). The smallest absolute Gasteiger partial charge is 0.324 e. The first-order chi connectivity index (χ1) is 14.9. The van der Waals surface area contributed by atoms with Gasteiger partial charge in [-0.15, -0.1) is 0 Å². The fourth-order valence-corrected chi connectivity index (χ4v) is 4.17. The van der Waals surface area contributed by atoms with Crippen LogP contribution in [0.3, 0.4) is 0 Å². The van der Waals surface area contributed by atoms with E-state index in [0.717, 1.165) is 18.3 Å². The molecule has 0 spiro atoms. The highest BCUT2D eigenvalue weighted by atomic mass is 32.2. The summed E-state index contributed by atoms with van der Waals surface area (Å²) in [6, 6.07) is 12.2. The molecule has 0 aliphatic rings. The zero-order valence-corrected chi connectivity index (χ0v) is 16.9. The Bertz CT molecular complexity index is 1390. The van der Waals surface area contributed by atoms with Gasteiger partial charge in [-0.2, -0.15) is 5.10 Å². The summed E-state index contributed by atoms with van der Waals surface area (Å²) in [5.41, 5.74) is 0.643. The van der Waals surface area contributed by atoms with E-state index in [1.165, 1.54) is 25.3 Å². The number of halogens is 1. The van der Waals surface area contributed by atoms with E-state index in [-0.39, 0.29) is 26.6 Å². The molecule has 4 aromatic rings. The van der Waals surface area contributed by atoms with E-state index in [1.54, 1.807) is 24.3 Å². The van der Waals surface area contributed by atoms with E-state index < -0.39 is 21.7 Å². The molecule has 0 aliphatic carbocycles. The molecule has 0 unspecified atom stereocenters. The van der Waals surface area contributed by atoms with Crippen LogP contribution in [0.4, 0.5) is 20.7 Å². The predicted molar refractivity (Wildman–Crippen MR) is 111 cm³/mol. The maximum absolute atomic E-state index is 13.5. The van der Waals surface area contributed by atoms with Crippen LogP contribution in [0.15, 0.2) is 70.6 Å². The minimum atomic E-state index is -4.02. The lowest BCUT2D eigenvalue weighted by Gasteiger charge is -2.10. The number of anilines is 2. The average molecular weight is 441 g/mol. The number of aromatic amines is 1. The number of hydrogen-bond acceptors (Lipinski definition) is 6. The third-order valence-corrected chi connectivity index (χ3v) is 6.11. The molecule has 0 saturated carbocycles. The van der Waals surface area contributed by atoms with E-state index in [2.05, 4.69) is 25.8 Å². The van der Waals surface area contributed by atoms with Crippen LogP contribution in [0.1, 0.15) is 0 Å². The number of para-hydroxylation sites is 2. The van der Waals surface area contributed by atoms with Crippen molar-refractivity contribution in [2.75, 3.05) is 17.7 Å². The van der Waals surface area contributed by atoms with Crippen molar-refractivity contribution in [3.8, 4) is 5.75 Å². The highest BCUT2D eigenvalue weighted by molar-refractivity contribution is 7.91. The van der Waals surface area contributed by atoms with Crippen molar-refractivity contribution in [1.29, 1.82) is 0 Å². The molecular weight excluding hydrogens is 425 g/mol. The molecule has 2 heterocycles. The number of methoxy groups -OCH3 is 1. The Kier molecular flexibility index (Phi) is 5.26. The second-order valence-corrected chi connectivity index (χ2v) is 8.33. The topological polar surface area (TPSA) is 126 Å². The monoisotopic (exact) mass is 441 g/mol. The van der Waals surface area contributed by atoms with Gasteiger partial charge in [-0.3, -0.25) is 10.4 Å². The number of pyridine rings is 1. The van der Waals surface area contributed by atoms with Gasteiger partial charge in [0, 0.05) is 6.20 Å². The first-order valence-electron chi connectivity index (χ1n) is 8.94. The normalized spacial score (nSPS) is 11.3. The third kappa shape index (κ3) is 4.03. The van der Waals surface area contributed by atoms with Crippen LogP contribution in [-0.2, 0) is 9.84 Å². The van der Waals surface area contributed by atoms with E-state index >= 15 is 0 Å². The Labute approximate surface area is 176 Å². The fraction of sp³-hybridized carbons (Fsp3) is 0.0500. The van der Waals surface area contributed by atoms with E-state index in [9.17, 15) is 17.6 Å². The molecule has 31 heavy (non-hydrogen) atoms. The Hall–Kier alpha value is -3.99. The van der Waals surface area contributed by atoms with Gasteiger partial charge in [0.1, 0.15) is 17.4 Å². The number of H-pyrrole nitrogens is 1. The van der Waals surface area contributed by atoms with Crippen LogP contribution in [0, 0.1) is 5.82 Å². The molecule has 2 amide bonds. The molecule has 0 atom stereocenters. The van der Waals surface area contributed by atoms with Crippen LogP contribution in [0.2, 0.25) is 0 Å². The molecule has 0 aliphatic heterocycles. The van der Waals surface area contributed by atoms with Crippen molar-refractivity contribution in [2.24, 2.45) is 0 Å². The highest BCUT2D eigenvalue weighted by Crippen LogP contribution is 2.27. The van der Waals surface area contributed by atoms with Gasteiger partial charge in [-0.1, -0.05) is 18.2 Å². The number of carbonyl (C=O) groups excluding carboxylic acids is 1. The number of sulfone groups is 1. The number of amides is 2. The van der Waals surface area contributed by atoms with Crippen molar-refractivity contribution in [1.82, 2.24) is 15.2 Å². The second-order valence-electron chi connectivity index (χ2n) is 6.38. The van der Waals surface area contributed by atoms with Gasteiger partial charge in [-0.25, -0.2) is 22.6 Å². The summed E-state index contributed by atoms with van der Waals surface area (Å²) in [5.74, 6) is -0.0581. The van der Waals surface area contributed by atoms with Crippen LogP contribution < -0.4 is 15.4 Å². The Morgan fingerprint density at radius 1 is 1.06 bits per heavy atom. The maximum atomic E-state index is 13.5. The molecule has 2 aromatic carbocycles. The van der Waals surface area contributed by atoms with E-state index in [4.69, 9.17) is 4.74 Å². The zero-order valence-electron chi connectivity index (χ0n) is 16.1. The third-order valence-electron chi connectivity index (χ3n) is 4.39. The summed E-state index contributed by atoms with van der Waals surface area (Å²) < 4.78 is 44.4. The van der Waals surface area contributed by atoms with Gasteiger partial charge >= 0.3 is 6.03 Å². The number of aromatic nitrogens is 3. The summed E-state index contributed by atoms with van der Waals surface area (Å²) in [6.07, 6.45) is 1.13. The van der Waals surface area contributed by atoms with Gasteiger partial charge in [0.05, 0.1) is 28.0 Å². The number of urea groups is 1. The minimum absolute atomic E-state index is 0.145. The largest absolute Gasteiger partial charge is 0.495 e. The van der Waals surface area contributed by atoms with Crippen LogP contribution >= 0.6 is 0 Å². The molecular formula is C20H16FN5O4S. The molecule has 4 rings (SSSR count). The summed E-state index contributed by atoms with van der Waals surface area (Å²) in [7, 11) is -2.54. The molecule has 9 nitrogen and oxygen atoms in total. The van der Waals surface area contributed by atoms with Crippen molar-refractivity contribution < 1.29 is 22.3 Å². The molecule has 3 N–H and O–H groups in total. The SMILES string of the molecule is COc1ccccc1NC(=O)Nc1[nH]nc2ncc(S(=O)(=O)c3cccc(F)c3)cc12. The number of benzene rings is 2. The quantitative estimate of drug-likeness (QED) is 0.435. The molecule has 0 radical (unpaired) electrons. The Balaban J connectivity index is 1.64. The number of hydrogen-bond donors (Lipinski definition) is 3. The second kappa shape index (κ2) is 8.03. The fourth-order valence-electron chi connectivity index (χ4n) is 2.91. The summed E-state index contributed by atoms with van der Waals surface area (Å²) >= 11 is 0. The maximum Gasteiger partial charge on any atom is 0.324 e. The van der Waals surface area contributed by atoms with E-state index in [0.29, 0.717) is 11.4 Å². The molecule has 0 saturated heterocycles. The van der Waals surface area contributed by atoms with Crippen LogP contribution in [-0.4, -0.2) is 36.7 Å². The van der Waals surface area contributed by atoms with Crippen molar-refractivity contribution in [3.63, 3.8) is 0 Å². The number of carbonyl (C=O) groups is 1. The summed E-state index contributed by atoms with van der Waals surface area (Å²) in [4.78, 5) is 16.1. The molecule has 158 valence electrons. The first kappa shape index (κ1) is 20.3. The van der Waals surface area contributed by atoms with Gasteiger partial charge < -0.3 is 10.1 Å². The number of ether oxygens (including phenoxy) is 1. The number of rotatable bonds is 5. The highest BCUT2D eigenvalue weighted by Gasteiger charge is 2.21.